The highest BCUT2D eigenvalue weighted by atomic mass is 16.3. The molecular weight excluding hydrogens is 825 g/mol. The van der Waals surface area contributed by atoms with Crippen molar-refractivity contribution in [3.8, 4) is 89.5 Å². The molecule has 0 saturated heterocycles. The van der Waals surface area contributed by atoms with Gasteiger partial charge < -0.3 is 4.42 Å². The van der Waals surface area contributed by atoms with Gasteiger partial charge >= 0.3 is 0 Å². The van der Waals surface area contributed by atoms with Gasteiger partial charge in [0.25, 0.3) is 0 Å². The van der Waals surface area contributed by atoms with E-state index in [9.17, 15) is 0 Å². The Hall–Kier alpha value is -8.92. The summed E-state index contributed by atoms with van der Waals surface area (Å²) in [6, 6.07) is 87.6. The maximum absolute atomic E-state index is 6.29. The Kier molecular flexibility index (Phi) is 8.50. The fourth-order valence-corrected chi connectivity index (χ4v) is 11.3. The second-order valence-corrected chi connectivity index (χ2v) is 18.0. The number of hydrogen-bond acceptors (Lipinski definition) is 3. The molecule has 14 rings (SSSR count). The van der Waals surface area contributed by atoms with Gasteiger partial charge in [0.05, 0.1) is 16.8 Å². The van der Waals surface area contributed by atoms with Gasteiger partial charge in [-0.15, -0.1) is 0 Å². The van der Waals surface area contributed by atoms with Gasteiger partial charge in [-0.1, -0.05) is 194 Å². The lowest BCUT2D eigenvalue weighted by Gasteiger charge is -2.30. The molecule has 0 N–H and O–H groups in total. The molecule has 1 spiro atoms. The number of aromatic nitrogens is 2. The molecule has 0 fully saturated rings. The van der Waals surface area contributed by atoms with E-state index in [0.29, 0.717) is 5.82 Å². The first kappa shape index (κ1) is 38.4. The van der Waals surface area contributed by atoms with Gasteiger partial charge in [0, 0.05) is 27.5 Å². The maximum Gasteiger partial charge on any atom is 0.160 e. The smallest absolute Gasteiger partial charge is 0.160 e. The Balaban J connectivity index is 0.988. The largest absolute Gasteiger partial charge is 0.456 e. The number of rotatable bonds is 6. The maximum atomic E-state index is 6.29. The minimum Gasteiger partial charge on any atom is -0.456 e. The summed E-state index contributed by atoms with van der Waals surface area (Å²) < 4.78 is 6.29. The Labute approximate surface area is 394 Å². The molecule has 0 unspecified atom stereocenters. The van der Waals surface area contributed by atoms with Crippen LogP contribution in [0, 0.1) is 0 Å². The van der Waals surface area contributed by atoms with Crippen molar-refractivity contribution in [2.24, 2.45) is 0 Å². The zero-order valence-corrected chi connectivity index (χ0v) is 36.9. The summed E-state index contributed by atoms with van der Waals surface area (Å²) in [4.78, 5) is 10.8. The Morgan fingerprint density at radius 3 is 1.44 bits per heavy atom. The third-order valence-corrected chi connectivity index (χ3v) is 14.3. The Morgan fingerprint density at radius 2 is 0.750 bits per heavy atom. The van der Waals surface area contributed by atoms with Crippen LogP contribution in [0.2, 0.25) is 0 Å². The number of hydrogen-bond donors (Lipinski definition) is 0. The van der Waals surface area contributed by atoms with Crippen LogP contribution in [-0.2, 0) is 5.41 Å². The zero-order chi connectivity index (χ0) is 44.8. The summed E-state index contributed by atoms with van der Waals surface area (Å²) in [5.41, 5.74) is 23.2. The standard InChI is InChI=1S/C65H40N2O/c1-3-17-41(18-4-1)48-21-7-8-22-49(48)46-35-45(43-32-34-63-55(38-43)53-26-12-16-30-62(53)68-63)36-47(37-46)61-40-60(66-64(67-61)42-19-5-2-6-20-42)44-31-33-59-54(39-44)52-25-11-15-29-58(52)65(59)56-27-13-9-23-50(56)51-24-10-14-28-57(51)65/h1-40H. The molecule has 2 heterocycles. The third-order valence-electron chi connectivity index (χ3n) is 14.3. The van der Waals surface area contributed by atoms with E-state index in [-0.39, 0.29) is 0 Å². The van der Waals surface area contributed by atoms with Gasteiger partial charge in [0.2, 0.25) is 0 Å². The van der Waals surface area contributed by atoms with Gasteiger partial charge in [0.15, 0.2) is 5.82 Å². The lowest BCUT2D eigenvalue weighted by molar-refractivity contribution is 0.669. The number of nitrogens with zero attached hydrogens (tertiary/aromatic N) is 2. The first-order chi connectivity index (χ1) is 33.7. The average molecular weight is 865 g/mol. The number of fused-ring (bicyclic) bond motifs is 13. The Bertz CT molecular complexity index is 3930. The van der Waals surface area contributed by atoms with Crippen molar-refractivity contribution in [3.05, 3.63) is 265 Å². The molecular formula is C65H40N2O. The topological polar surface area (TPSA) is 38.9 Å². The van der Waals surface area contributed by atoms with Crippen molar-refractivity contribution in [3.63, 3.8) is 0 Å². The predicted molar refractivity (Wildman–Crippen MR) is 278 cm³/mol. The summed E-state index contributed by atoms with van der Waals surface area (Å²) in [7, 11) is 0. The van der Waals surface area contributed by atoms with Crippen LogP contribution >= 0.6 is 0 Å². The molecule has 2 aliphatic carbocycles. The van der Waals surface area contributed by atoms with Crippen molar-refractivity contribution in [1.29, 1.82) is 0 Å². The molecule has 0 saturated carbocycles. The molecule has 2 aromatic heterocycles. The highest BCUT2D eigenvalue weighted by molar-refractivity contribution is 6.06. The van der Waals surface area contributed by atoms with Gasteiger partial charge in [-0.25, -0.2) is 9.97 Å². The van der Waals surface area contributed by atoms with Crippen LogP contribution in [0.15, 0.2) is 247 Å². The van der Waals surface area contributed by atoms with E-state index in [1.807, 2.05) is 18.2 Å². The second kappa shape index (κ2) is 15.1. The van der Waals surface area contributed by atoms with E-state index in [0.717, 1.165) is 72.3 Å². The van der Waals surface area contributed by atoms with Gasteiger partial charge in [-0.2, -0.15) is 0 Å². The van der Waals surface area contributed by atoms with E-state index in [1.54, 1.807) is 0 Å². The number of benzene rings is 10. The quantitative estimate of drug-likeness (QED) is 0.167. The van der Waals surface area contributed by atoms with Gasteiger partial charge in [0.1, 0.15) is 11.2 Å². The molecule has 0 bridgehead atoms. The highest BCUT2D eigenvalue weighted by Gasteiger charge is 2.51. The van der Waals surface area contributed by atoms with E-state index >= 15 is 0 Å². The molecule has 2 aliphatic rings. The molecule has 68 heavy (non-hydrogen) atoms. The average Bonchev–Trinajstić information content (AvgIpc) is 4.05. The van der Waals surface area contributed by atoms with E-state index in [2.05, 4.69) is 224 Å². The minimum atomic E-state index is -0.414. The van der Waals surface area contributed by atoms with Gasteiger partial charge in [-0.3, -0.25) is 0 Å². The molecule has 3 nitrogen and oxygen atoms in total. The van der Waals surface area contributed by atoms with Crippen LogP contribution < -0.4 is 0 Å². The molecule has 12 aromatic rings. The van der Waals surface area contributed by atoms with Crippen LogP contribution in [0.3, 0.4) is 0 Å². The zero-order valence-electron chi connectivity index (χ0n) is 36.9. The lowest BCUT2D eigenvalue weighted by Crippen LogP contribution is -2.25. The van der Waals surface area contributed by atoms with E-state index in [4.69, 9.17) is 14.4 Å². The second-order valence-electron chi connectivity index (χ2n) is 18.0. The monoisotopic (exact) mass is 864 g/mol. The summed E-state index contributed by atoms with van der Waals surface area (Å²) >= 11 is 0. The SMILES string of the molecule is c1ccc(-c2nc(-c3cc(-c4ccc5oc6ccccc6c5c4)cc(-c4ccccc4-c4ccccc4)c3)cc(-c3ccc4c(c3)-c3ccccc3C43c4ccccc4-c4ccccc43)n2)cc1. The molecule has 0 aliphatic heterocycles. The highest BCUT2D eigenvalue weighted by Crippen LogP contribution is 2.63. The van der Waals surface area contributed by atoms with Crippen LogP contribution in [0.25, 0.3) is 111 Å². The summed E-state index contributed by atoms with van der Waals surface area (Å²) in [5, 5.41) is 2.20. The van der Waals surface area contributed by atoms with Crippen molar-refractivity contribution >= 4 is 21.9 Å². The van der Waals surface area contributed by atoms with Crippen LogP contribution in [0.5, 0.6) is 0 Å². The normalized spacial score (nSPS) is 12.8. The van der Waals surface area contributed by atoms with Crippen molar-refractivity contribution in [2.75, 3.05) is 0 Å². The van der Waals surface area contributed by atoms with Crippen molar-refractivity contribution < 1.29 is 4.42 Å². The Morgan fingerprint density at radius 1 is 0.265 bits per heavy atom. The first-order valence-corrected chi connectivity index (χ1v) is 23.3. The molecule has 0 atom stereocenters. The fourth-order valence-electron chi connectivity index (χ4n) is 11.3. The molecule has 0 radical (unpaired) electrons. The summed E-state index contributed by atoms with van der Waals surface area (Å²) in [6.45, 7) is 0. The minimum absolute atomic E-state index is 0.414. The molecule has 0 amide bonds. The van der Waals surface area contributed by atoms with Crippen LogP contribution in [0.1, 0.15) is 22.3 Å². The molecule has 316 valence electrons. The number of furan rings is 1. The number of para-hydroxylation sites is 1. The lowest BCUT2D eigenvalue weighted by atomic mass is 9.70. The fraction of sp³-hybridized carbons (Fsp3) is 0.0154. The van der Waals surface area contributed by atoms with Crippen molar-refractivity contribution in [2.45, 2.75) is 5.41 Å². The van der Waals surface area contributed by atoms with Gasteiger partial charge in [-0.05, 0) is 126 Å². The van der Waals surface area contributed by atoms with E-state index in [1.165, 1.54) is 55.6 Å². The third kappa shape index (κ3) is 5.79. The van der Waals surface area contributed by atoms with E-state index < -0.39 is 5.41 Å². The van der Waals surface area contributed by atoms with Crippen LogP contribution in [0.4, 0.5) is 0 Å². The van der Waals surface area contributed by atoms with Crippen LogP contribution in [-0.4, -0.2) is 9.97 Å². The summed E-state index contributed by atoms with van der Waals surface area (Å²) in [5.74, 6) is 0.678. The predicted octanol–water partition coefficient (Wildman–Crippen LogP) is 16.7. The first-order valence-electron chi connectivity index (χ1n) is 23.3. The molecule has 3 heteroatoms. The summed E-state index contributed by atoms with van der Waals surface area (Å²) in [6.07, 6.45) is 0. The van der Waals surface area contributed by atoms with Crippen molar-refractivity contribution in [1.82, 2.24) is 9.97 Å². The molecule has 10 aromatic carbocycles.